The molecule has 2 aromatic carbocycles. The van der Waals surface area contributed by atoms with Crippen molar-refractivity contribution < 1.29 is 22.4 Å². The predicted octanol–water partition coefficient (Wildman–Crippen LogP) is 2.23. The number of carbonyl (C=O) groups is 1. The molecule has 0 fully saturated rings. The number of ether oxygens (including phenoxy) is 1. The Hall–Kier alpha value is -3.12. The first-order valence-electron chi connectivity index (χ1n) is 9.63. The van der Waals surface area contributed by atoms with Crippen molar-refractivity contribution in [2.75, 3.05) is 13.2 Å². The van der Waals surface area contributed by atoms with Gasteiger partial charge in [-0.1, -0.05) is 23.5 Å². The third-order valence-corrected chi connectivity index (χ3v) is 6.71. The summed E-state index contributed by atoms with van der Waals surface area (Å²) in [6.45, 7) is 3.12. The lowest BCUT2D eigenvalue weighted by Crippen LogP contribution is -2.21. The Morgan fingerprint density at radius 1 is 1.25 bits per heavy atom. The molecule has 0 saturated carbocycles. The number of carbonyl (C=O) groups excluding carboxylic acids is 1. The van der Waals surface area contributed by atoms with Crippen molar-refractivity contribution in [3.63, 3.8) is 0 Å². The van der Waals surface area contributed by atoms with E-state index in [4.69, 9.17) is 14.3 Å². The van der Waals surface area contributed by atoms with Gasteiger partial charge in [0.2, 0.25) is 15.5 Å². The maximum atomic E-state index is 12.9. The lowest BCUT2D eigenvalue weighted by Gasteiger charge is -2.06. The van der Waals surface area contributed by atoms with Gasteiger partial charge in [-0.25, -0.2) is 13.6 Å². The smallest absolute Gasteiger partial charge is 0.286 e. The Bertz CT molecular complexity index is 1560. The molecule has 0 spiro atoms. The minimum Gasteiger partial charge on any atom is -0.463 e. The number of rotatable bonds is 6. The average Bonchev–Trinajstić information content (AvgIpc) is 3.10. The van der Waals surface area contributed by atoms with Gasteiger partial charge in [-0.05, 0) is 37.3 Å². The summed E-state index contributed by atoms with van der Waals surface area (Å²) in [5.41, 5.74) is 0.374. The third-order valence-electron chi connectivity index (χ3n) is 4.75. The maximum absolute atomic E-state index is 12.9. The van der Waals surface area contributed by atoms with Gasteiger partial charge in [-0.15, -0.1) is 0 Å². The number of amides is 1. The van der Waals surface area contributed by atoms with Crippen LogP contribution >= 0.6 is 11.3 Å². The monoisotopic (exact) mass is 473 g/mol. The van der Waals surface area contributed by atoms with Gasteiger partial charge in [0.1, 0.15) is 17.4 Å². The zero-order chi connectivity index (χ0) is 22.9. The third kappa shape index (κ3) is 4.28. The Kier molecular flexibility index (Phi) is 6.07. The van der Waals surface area contributed by atoms with Crippen LogP contribution in [0.2, 0.25) is 0 Å². The Labute approximate surface area is 186 Å². The molecule has 0 atom stereocenters. The fourth-order valence-electron chi connectivity index (χ4n) is 3.20. The van der Waals surface area contributed by atoms with Crippen LogP contribution in [0.5, 0.6) is 0 Å². The molecule has 9 nitrogen and oxygen atoms in total. The van der Waals surface area contributed by atoms with E-state index in [2.05, 4.69) is 4.99 Å². The average molecular weight is 474 g/mol. The van der Waals surface area contributed by atoms with Gasteiger partial charge in [0.05, 0.1) is 27.1 Å². The molecule has 166 valence electrons. The molecule has 2 aromatic heterocycles. The van der Waals surface area contributed by atoms with Crippen molar-refractivity contribution in [3.05, 3.63) is 69.3 Å². The Morgan fingerprint density at radius 2 is 2.03 bits per heavy atom. The number of benzene rings is 2. The molecular formula is C21H19N3O6S2. The van der Waals surface area contributed by atoms with Crippen LogP contribution in [0, 0.1) is 0 Å². The number of thiazole rings is 1. The number of hydrogen-bond acceptors (Lipinski definition) is 7. The van der Waals surface area contributed by atoms with Crippen molar-refractivity contribution in [1.82, 2.24) is 4.57 Å². The van der Waals surface area contributed by atoms with E-state index in [9.17, 15) is 18.0 Å². The van der Waals surface area contributed by atoms with Gasteiger partial charge in [0, 0.05) is 13.2 Å². The zero-order valence-corrected chi connectivity index (χ0v) is 18.6. The molecular weight excluding hydrogens is 454 g/mol. The lowest BCUT2D eigenvalue weighted by molar-refractivity contribution is 0.0994. The highest BCUT2D eigenvalue weighted by Gasteiger charge is 2.16. The molecule has 0 saturated heterocycles. The fraction of sp³-hybridized carbons (Fsp3) is 0.190. The molecule has 2 heterocycles. The quantitative estimate of drug-likeness (QED) is 0.427. The van der Waals surface area contributed by atoms with Gasteiger partial charge < -0.3 is 13.7 Å². The molecule has 1 amide bonds. The fourth-order valence-corrected chi connectivity index (χ4v) is 4.91. The second-order valence-electron chi connectivity index (χ2n) is 6.80. The van der Waals surface area contributed by atoms with Crippen LogP contribution in [0.15, 0.2) is 67.8 Å². The normalized spacial score (nSPS) is 12.6. The highest BCUT2D eigenvalue weighted by molar-refractivity contribution is 7.89. The number of fused-ring (bicyclic) bond motifs is 2. The number of primary sulfonamides is 1. The highest BCUT2D eigenvalue weighted by Crippen LogP contribution is 2.21. The maximum Gasteiger partial charge on any atom is 0.286 e. The van der Waals surface area contributed by atoms with E-state index in [-0.39, 0.29) is 15.8 Å². The molecule has 0 aliphatic heterocycles. The molecule has 0 radical (unpaired) electrons. The largest absolute Gasteiger partial charge is 0.463 e. The topological polar surface area (TPSA) is 134 Å². The van der Waals surface area contributed by atoms with Crippen LogP contribution in [0.1, 0.15) is 17.3 Å². The van der Waals surface area contributed by atoms with Gasteiger partial charge in [0.15, 0.2) is 4.80 Å². The van der Waals surface area contributed by atoms with E-state index in [1.807, 2.05) is 6.92 Å². The van der Waals surface area contributed by atoms with Crippen LogP contribution in [-0.2, 0) is 21.3 Å². The standard InChI is InChI=1S/C21H19N3O6S2/c1-2-29-10-9-24-16-8-7-13(32(22,27)28)11-18(16)31-21(24)23-20(26)15-12-30-17-6-4-3-5-14(17)19(15)25/h3-8,11-12H,2,9-10H2,1H3,(H2,22,27,28). The van der Waals surface area contributed by atoms with Crippen molar-refractivity contribution >= 4 is 48.5 Å². The van der Waals surface area contributed by atoms with Crippen LogP contribution in [0.25, 0.3) is 21.2 Å². The van der Waals surface area contributed by atoms with Gasteiger partial charge >= 0.3 is 0 Å². The minimum atomic E-state index is -3.89. The van der Waals surface area contributed by atoms with E-state index < -0.39 is 21.4 Å². The second-order valence-corrected chi connectivity index (χ2v) is 9.37. The van der Waals surface area contributed by atoms with Crippen molar-refractivity contribution in [2.24, 2.45) is 10.1 Å². The van der Waals surface area contributed by atoms with E-state index >= 15 is 0 Å². The first-order chi connectivity index (χ1) is 15.3. The predicted molar refractivity (Wildman–Crippen MR) is 120 cm³/mol. The summed E-state index contributed by atoms with van der Waals surface area (Å²) >= 11 is 1.11. The molecule has 0 bridgehead atoms. The number of hydrogen-bond donors (Lipinski definition) is 1. The molecule has 11 heteroatoms. The SMILES string of the molecule is CCOCCn1c(=NC(=O)c2coc3ccccc3c2=O)sc2cc(S(N)(=O)=O)ccc21. The molecule has 0 aliphatic rings. The second kappa shape index (κ2) is 8.79. The minimum absolute atomic E-state index is 0.0451. The van der Waals surface area contributed by atoms with Gasteiger partial charge in [-0.2, -0.15) is 4.99 Å². The first kappa shape index (κ1) is 22.1. The molecule has 32 heavy (non-hydrogen) atoms. The van der Waals surface area contributed by atoms with Crippen molar-refractivity contribution in [1.29, 1.82) is 0 Å². The summed E-state index contributed by atoms with van der Waals surface area (Å²) in [6.07, 6.45) is 1.10. The van der Waals surface area contributed by atoms with Crippen LogP contribution in [0.3, 0.4) is 0 Å². The number of para-hydroxylation sites is 1. The van der Waals surface area contributed by atoms with E-state index in [0.717, 1.165) is 17.6 Å². The number of nitrogens with zero attached hydrogens (tertiary/aromatic N) is 2. The summed E-state index contributed by atoms with van der Waals surface area (Å²) in [4.78, 5) is 30.0. The molecule has 4 rings (SSSR count). The van der Waals surface area contributed by atoms with Crippen LogP contribution in [0.4, 0.5) is 0 Å². The molecule has 4 aromatic rings. The van der Waals surface area contributed by atoms with E-state index in [1.165, 1.54) is 12.1 Å². The first-order valence-corrected chi connectivity index (χ1v) is 12.0. The van der Waals surface area contributed by atoms with E-state index in [1.54, 1.807) is 34.9 Å². The summed E-state index contributed by atoms with van der Waals surface area (Å²) in [5.74, 6) is -0.757. The number of sulfonamides is 1. The molecule has 2 N–H and O–H groups in total. The van der Waals surface area contributed by atoms with Crippen molar-refractivity contribution in [2.45, 2.75) is 18.4 Å². The summed E-state index contributed by atoms with van der Waals surface area (Å²) in [5, 5.41) is 5.52. The number of aromatic nitrogens is 1. The summed E-state index contributed by atoms with van der Waals surface area (Å²) in [7, 11) is -3.89. The zero-order valence-electron chi connectivity index (χ0n) is 17.0. The Morgan fingerprint density at radius 3 is 2.78 bits per heavy atom. The summed E-state index contributed by atoms with van der Waals surface area (Å²) < 4.78 is 36.6. The molecule has 0 unspecified atom stereocenters. The summed E-state index contributed by atoms with van der Waals surface area (Å²) in [6, 6.07) is 11.1. The molecule has 0 aliphatic carbocycles. The van der Waals surface area contributed by atoms with Crippen LogP contribution < -0.4 is 15.4 Å². The number of nitrogens with two attached hydrogens (primary N) is 1. The Balaban J connectivity index is 1.86. The van der Waals surface area contributed by atoms with Crippen LogP contribution in [-0.4, -0.2) is 32.1 Å². The van der Waals surface area contributed by atoms with Gasteiger partial charge in [0.25, 0.3) is 5.91 Å². The highest BCUT2D eigenvalue weighted by atomic mass is 32.2. The van der Waals surface area contributed by atoms with Crippen molar-refractivity contribution in [3.8, 4) is 0 Å². The van der Waals surface area contributed by atoms with E-state index in [0.29, 0.717) is 40.4 Å². The lowest BCUT2D eigenvalue weighted by atomic mass is 10.2. The van der Waals surface area contributed by atoms with Gasteiger partial charge in [-0.3, -0.25) is 9.59 Å².